The summed E-state index contributed by atoms with van der Waals surface area (Å²) in [4.78, 5) is 0. The number of allylic oxidation sites excluding steroid dienone is 1. The van der Waals surface area contributed by atoms with Crippen LogP contribution in [0.25, 0.3) is 12.3 Å². The molecule has 1 aromatic heterocycles. The predicted molar refractivity (Wildman–Crippen MR) is 57.2 cm³/mol. The molecule has 3 nitrogen and oxygen atoms in total. The van der Waals surface area contributed by atoms with Gasteiger partial charge in [-0.25, -0.2) is 0 Å². The molecular weight excluding hydrogens is 162 g/mol. The number of nitrogens with zero attached hydrogens (tertiary/aromatic N) is 3. The quantitative estimate of drug-likeness (QED) is 0.699. The first-order valence-corrected chi connectivity index (χ1v) is 4.46. The molecule has 0 saturated heterocycles. The molecule has 0 fully saturated rings. The van der Waals surface area contributed by atoms with Crippen molar-refractivity contribution in [2.75, 3.05) is 0 Å². The van der Waals surface area contributed by atoms with Gasteiger partial charge in [-0.05, 0) is 19.9 Å². The van der Waals surface area contributed by atoms with E-state index in [0.29, 0.717) is 0 Å². The van der Waals surface area contributed by atoms with Crippen molar-refractivity contribution in [2.24, 2.45) is 0 Å². The molecule has 0 aromatic carbocycles. The zero-order valence-electron chi connectivity index (χ0n) is 8.78. The minimum atomic E-state index is 0.819. The molecular formula is C10H17N3. The van der Waals surface area contributed by atoms with E-state index in [0.717, 1.165) is 11.6 Å². The Balaban J connectivity index is 0.000000671. The Morgan fingerprint density at radius 3 is 2.38 bits per heavy atom. The zero-order chi connectivity index (χ0) is 10.3. The van der Waals surface area contributed by atoms with E-state index >= 15 is 0 Å². The molecule has 0 N–H and O–H groups in total. The number of aryl methyl sites for hydroxylation is 1. The highest BCUT2D eigenvalue weighted by Crippen LogP contribution is 2.02. The van der Waals surface area contributed by atoms with Gasteiger partial charge in [-0.2, -0.15) is 0 Å². The summed E-state index contributed by atoms with van der Waals surface area (Å²) in [5, 5.41) is 7.83. The molecule has 1 aromatic rings. The van der Waals surface area contributed by atoms with Crippen molar-refractivity contribution in [3.05, 3.63) is 24.3 Å². The summed E-state index contributed by atoms with van der Waals surface area (Å²) >= 11 is 0. The second-order valence-corrected chi connectivity index (χ2v) is 2.16. The van der Waals surface area contributed by atoms with Gasteiger partial charge in [0, 0.05) is 6.20 Å². The van der Waals surface area contributed by atoms with Crippen molar-refractivity contribution >= 4 is 12.3 Å². The Morgan fingerprint density at radius 1 is 1.31 bits per heavy atom. The highest BCUT2D eigenvalue weighted by atomic mass is 15.3. The van der Waals surface area contributed by atoms with Crippen molar-refractivity contribution in [3.8, 4) is 0 Å². The maximum Gasteiger partial charge on any atom is 0.160 e. The first kappa shape index (κ1) is 11.6. The normalized spacial score (nSPS) is 9.54. The Labute approximate surface area is 79.8 Å². The van der Waals surface area contributed by atoms with Crippen LogP contribution in [0.5, 0.6) is 0 Å². The smallest absolute Gasteiger partial charge is 0.160 e. The standard InChI is InChI=1S/C8H11N3.C2H6/c1-4-6-8-10-9-7(3)11(8)5-2;1-2/h4-6H,2H2,1,3H3;1-2H3/b6-4-;. The molecule has 0 saturated carbocycles. The van der Waals surface area contributed by atoms with Crippen LogP contribution in [-0.2, 0) is 0 Å². The largest absolute Gasteiger partial charge is 0.287 e. The average Bonchev–Trinajstić information content (AvgIpc) is 2.51. The summed E-state index contributed by atoms with van der Waals surface area (Å²) in [7, 11) is 0. The van der Waals surface area contributed by atoms with E-state index in [9.17, 15) is 0 Å². The first-order valence-electron chi connectivity index (χ1n) is 4.46. The molecule has 0 radical (unpaired) electrons. The third kappa shape index (κ3) is 2.86. The van der Waals surface area contributed by atoms with Crippen molar-refractivity contribution in [1.29, 1.82) is 0 Å². The van der Waals surface area contributed by atoms with Gasteiger partial charge in [0.1, 0.15) is 5.82 Å². The Bertz CT molecular complexity index is 284. The van der Waals surface area contributed by atoms with Crippen LogP contribution in [0.1, 0.15) is 32.4 Å². The van der Waals surface area contributed by atoms with E-state index in [-0.39, 0.29) is 0 Å². The molecule has 13 heavy (non-hydrogen) atoms. The van der Waals surface area contributed by atoms with E-state index in [2.05, 4.69) is 16.8 Å². The van der Waals surface area contributed by atoms with Crippen LogP contribution in [0.3, 0.4) is 0 Å². The van der Waals surface area contributed by atoms with Gasteiger partial charge in [-0.3, -0.25) is 4.57 Å². The van der Waals surface area contributed by atoms with Gasteiger partial charge in [0.25, 0.3) is 0 Å². The number of hydrogen-bond acceptors (Lipinski definition) is 2. The van der Waals surface area contributed by atoms with Gasteiger partial charge in [-0.15, -0.1) is 10.2 Å². The van der Waals surface area contributed by atoms with Crippen LogP contribution in [0, 0.1) is 6.92 Å². The average molecular weight is 179 g/mol. The lowest BCUT2D eigenvalue weighted by molar-refractivity contribution is 1.01. The molecule has 0 aliphatic heterocycles. The van der Waals surface area contributed by atoms with Gasteiger partial charge in [0.2, 0.25) is 0 Å². The fourth-order valence-corrected chi connectivity index (χ4v) is 0.874. The summed E-state index contributed by atoms with van der Waals surface area (Å²) in [6.07, 6.45) is 5.51. The number of aromatic nitrogens is 3. The summed E-state index contributed by atoms with van der Waals surface area (Å²) in [5.41, 5.74) is 0. The fraction of sp³-hybridized carbons (Fsp3) is 0.400. The third-order valence-electron chi connectivity index (χ3n) is 1.39. The highest BCUT2D eigenvalue weighted by molar-refractivity contribution is 5.43. The molecule has 3 heteroatoms. The Hall–Kier alpha value is -1.38. The van der Waals surface area contributed by atoms with E-state index < -0.39 is 0 Å². The Kier molecular flexibility index (Phi) is 5.52. The molecule has 0 spiro atoms. The summed E-state index contributed by atoms with van der Waals surface area (Å²) in [6.45, 7) is 11.5. The summed E-state index contributed by atoms with van der Waals surface area (Å²) in [6, 6.07) is 0. The van der Waals surface area contributed by atoms with E-state index in [4.69, 9.17) is 0 Å². The predicted octanol–water partition coefficient (Wildman–Crippen LogP) is 2.75. The van der Waals surface area contributed by atoms with Gasteiger partial charge >= 0.3 is 0 Å². The fourth-order valence-electron chi connectivity index (χ4n) is 0.874. The topological polar surface area (TPSA) is 30.7 Å². The van der Waals surface area contributed by atoms with Crippen LogP contribution in [-0.4, -0.2) is 14.8 Å². The van der Waals surface area contributed by atoms with Crippen LogP contribution in [0.2, 0.25) is 0 Å². The van der Waals surface area contributed by atoms with E-state index in [1.54, 1.807) is 6.20 Å². The van der Waals surface area contributed by atoms with Crippen molar-refractivity contribution < 1.29 is 0 Å². The first-order chi connectivity index (χ1) is 6.29. The van der Waals surface area contributed by atoms with Crippen LogP contribution in [0.15, 0.2) is 12.7 Å². The molecule has 0 aliphatic rings. The van der Waals surface area contributed by atoms with Crippen LogP contribution >= 0.6 is 0 Å². The second kappa shape index (κ2) is 6.17. The maximum atomic E-state index is 3.93. The van der Waals surface area contributed by atoms with Gasteiger partial charge in [0.05, 0.1) is 0 Å². The molecule has 1 rings (SSSR count). The summed E-state index contributed by atoms with van der Waals surface area (Å²) < 4.78 is 1.83. The minimum Gasteiger partial charge on any atom is -0.287 e. The lowest BCUT2D eigenvalue weighted by atomic mass is 10.5. The lowest BCUT2D eigenvalue weighted by Crippen LogP contribution is -1.91. The molecule has 0 unspecified atom stereocenters. The van der Waals surface area contributed by atoms with E-state index in [1.165, 1.54) is 0 Å². The molecule has 1 heterocycles. The molecule has 0 aliphatic carbocycles. The van der Waals surface area contributed by atoms with E-state index in [1.807, 2.05) is 44.4 Å². The van der Waals surface area contributed by atoms with Crippen molar-refractivity contribution in [3.63, 3.8) is 0 Å². The third-order valence-corrected chi connectivity index (χ3v) is 1.39. The number of hydrogen-bond donors (Lipinski definition) is 0. The molecule has 72 valence electrons. The van der Waals surface area contributed by atoms with Gasteiger partial charge in [0.15, 0.2) is 5.82 Å². The van der Waals surface area contributed by atoms with Crippen molar-refractivity contribution in [2.45, 2.75) is 27.7 Å². The minimum absolute atomic E-state index is 0.819. The highest BCUT2D eigenvalue weighted by Gasteiger charge is 1.99. The zero-order valence-corrected chi connectivity index (χ0v) is 8.78. The van der Waals surface area contributed by atoms with Crippen LogP contribution < -0.4 is 0 Å². The monoisotopic (exact) mass is 179 g/mol. The molecule has 0 bridgehead atoms. The van der Waals surface area contributed by atoms with Crippen molar-refractivity contribution in [1.82, 2.24) is 14.8 Å². The Morgan fingerprint density at radius 2 is 1.92 bits per heavy atom. The molecule has 0 atom stereocenters. The lowest BCUT2D eigenvalue weighted by Gasteiger charge is -1.94. The van der Waals surface area contributed by atoms with Gasteiger partial charge < -0.3 is 0 Å². The SMILES string of the molecule is C=Cn1c(C)nnc1/C=C\C.CC. The summed E-state index contributed by atoms with van der Waals surface area (Å²) in [5.74, 6) is 1.67. The van der Waals surface area contributed by atoms with Crippen LogP contribution in [0.4, 0.5) is 0 Å². The van der Waals surface area contributed by atoms with Gasteiger partial charge in [-0.1, -0.05) is 26.5 Å². The molecule has 0 amide bonds. The second-order valence-electron chi connectivity index (χ2n) is 2.16. The number of rotatable bonds is 2. The maximum absolute atomic E-state index is 3.93.